The van der Waals surface area contributed by atoms with Gasteiger partial charge in [0.15, 0.2) is 5.58 Å². The van der Waals surface area contributed by atoms with Crippen molar-refractivity contribution in [1.82, 2.24) is 10.2 Å². The standard InChI is InChI=1S/C21H25N3O4S/c1-16-4-3-5-19(12-16)29(25,26)24(27-2)20-14-17(13-18-6-11-28-21(18)20)15-23-9-7-22-8-10-23/h3-6,11-14,22H,7-10,15H2,1-2H3. The summed E-state index contributed by atoms with van der Waals surface area (Å²) in [6, 6.07) is 12.5. The highest BCUT2D eigenvalue weighted by molar-refractivity contribution is 7.92. The Hall–Kier alpha value is -2.39. The van der Waals surface area contributed by atoms with Crippen LogP contribution in [0.2, 0.25) is 0 Å². The van der Waals surface area contributed by atoms with Gasteiger partial charge in [-0.2, -0.15) is 8.42 Å². The number of furan rings is 1. The Bertz CT molecular complexity index is 1100. The predicted octanol–water partition coefficient (Wildman–Crippen LogP) is 2.90. The third kappa shape index (κ3) is 4.02. The maximum Gasteiger partial charge on any atom is 0.286 e. The summed E-state index contributed by atoms with van der Waals surface area (Å²) in [4.78, 5) is 7.89. The van der Waals surface area contributed by atoms with Crippen molar-refractivity contribution >= 4 is 26.7 Å². The van der Waals surface area contributed by atoms with Crippen LogP contribution in [0.4, 0.5) is 5.69 Å². The van der Waals surface area contributed by atoms with Gasteiger partial charge in [0.2, 0.25) is 0 Å². The minimum Gasteiger partial charge on any atom is -0.462 e. The summed E-state index contributed by atoms with van der Waals surface area (Å²) >= 11 is 0. The Labute approximate surface area is 170 Å². The van der Waals surface area contributed by atoms with Crippen molar-refractivity contribution in [2.75, 3.05) is 37.8 Å². The number of aryl methyl sites for hydroxylation is 1. The zero-order valence-corrected chi connectivity index (χ0v) is 17.4. The van der Waals surface area contributed by atoms with Crippen LogP contribution in [0.5, 0.6) is 0 Å². The number of hydrogen-bond acceptors (Lipinski definition) is 6. The minimum absolute atomic E-state index is 0.173. The molecular weight excluding hydrogens is 390 g/mol. The molecule has 1 fully saturated rings. The Morgan fingerprint density at radius 2 is 1.97 bits per heavy atom. The van der Waals surface area contributed by atoms with Crippen LogP contribution < -0.4 is 9.79 Å². The Morgan fingerprint density at radius 3 is 2.69 bits per heavy atom. The zero-order valence-electron chi connectivity index (χ0n) is 16.6. The van der Waals surface area contributed by atoms with E-state index in [1.54, 1.807) is 24.5 Å². The summed E-state index contributed by atoms with van der Waals surface area (Å²) in [6.45, 7) is 6.40. The molecule has 1 aliphatic rings. The van der Waals surface area contributed by atoms with Crippen LogP contribution in [0.1, 0.15) is 11.1 Å². The van der Waals surface area contributed by atoms with Crippen molar-refractivity contribution in [2.24, 2.45) is 0 Å². The first-order valence-corrected chi connectivity index (χ1v) is 11.0. The molecule has 4 rings (SSSR count). The van der Waals surface area contributed by atoms with Gasteiger partial charge in [-0.25, -0.2) is 0 Å². The van der Waals surface area contributed by atoms with Gasteiger partial charge in [0.25, 0.3) is 10.0 Å². The maximum atomic E-state index is 13.3. The molecule has 3 aromatic rings. The third-order valence-electron chi connectivity index (χ3n) is 5.08. The number of anilines is 1. The lowest BCUT2D eigenvalue weighted by Crippen LogP contribution is -2.42. The number of piperazine rings is 1. The van der Waals surface area contributed by atoms with Gasteiger partial charge in [-0.05, 0) is 48.4 Å². The molecule has 0 unspecified atom stereocenters. The van der Waals surface area contributed by atoms with Crippen LogP contribution >= 0.6 is 0 Å². The first kappa shape index (κ1) is 19.9. The summed E-state index contributed by atoms with van der Waals surface area (Å²) in [5, 5.41) is 4.18. The van der Waals surface area contributed by atoms with Crippen molar-refractivity contribution < 1.29 is 17.7 Å². The van der Waals surface area contributed by atoms with Gasteiger partial charge >= 0.3 is 0 Å². The quantitative estimate of drug-likeness (QED) is 0.624. The summed E-state index contributed by atoms with van der Waals surface area (Å²) in [5.74, 6) is 0. The van der Waals surface area contributed by atoms with Gasteiger partial charge in [-0.15, -0.1) is 4.47 Å². The van der Waals surface area contributed by atoms with E-state index < -0.39 is 10.0 Å². The second-order valence-electron chi connectivity index (χ2n) is 7.21. The second-order valence-corrected chi connectivity index (χ2v) is 8.96. The molecule has 0 aliphatic carbocycles. The molecule has 0 radical (unpaired) electrons. The van der Waals surface area contributed by atoms with E-state index in [-0.39, 0.29) is 4.90 Å². The number of nitrogens with zero attached hydrogens (tertiary/aromatic N) is 2. The number of fused-ring (bicyclic) bond motifs is 1. The second kappa shape index (κ2) is 8.16. The number of sulfonamides is 1. The molecule has 0 spiro atoms. The molecule has 0 saturated carbocycles. The summed E-state index contributed by atoms with van der Waals surface area (Å²) in [6.07, 6.45) is 1.57. The highest BCUT2D eigenvalue weighted by Gasteiger charge is 2.29. The maximum absolute atomic E-state index is 13.3. The van der Waals surface area contributed by atoms with Gasteiger partial charge in [-0.3, -0.25) is 9.74 Å². The third-order valence-corrected chi connectivity index (χ3v) is 6.71. The average molecular weight is 416 g/mol. The molecule has 0 amide bonds. The van der Waals surface area contributed by atoms with E-state index in [4.69, 9.17) is 9.25 Å². The molecule has 1 saturated heterocycles. The molecular formula is C21H25N3O4S. The fourth-order valence-electron chi connectivity index (χ4n) is 3.68. The van der Waals surface area contributed by atoms with Crippen LogP contribution in [-0.2, 0) is 21.4 Å². The molecule has 2 heterocycles. The van der Waals surface area contributed by atoms with Crippen molar-refractivity contribution in [2.45, 2.75) is 18.4 Å². The molecule has 29 heavy (non-hydrogen) atoms. The van der Waals surface area contributed by atoms with Crippen LogP contribution in [-0.4, -0.2) is 46.6 Å². The van der Waals surface area contributed by atoms with Crippen LogP contribution in [0, 0.1) is 6.92 Å². The van der Waals surface area contributed by atoms with Crippen LogP contribution in [0.3, 0.4) is 0 Å². The van der Waals surface area contributed by atoms with Gasteiger partial charge in [0.05, 0.1) is 18.3 Å². The molecule has 1 N–H and O–H groups in total. The van der Waals surface area contributed by atoms with Crippen LogP contribution in [0.25, 0.3) is 11.0 Å². The van der Waals surface area contributed by atoms with Crippen molar-refractivity contribution in [1.29, 1.82) is 0 Å². The highest BCUT2D eigenvalue weighted by Crippen LogP contribution is 2.34. The fourth-order valence-corrected chi connectivity index (χ4v) is 5.04. The normalized spacial score (nSPS) is 15.7. The number of rotatable bonds is 6. The molecule has 8 heteroatoms. The monoisotopic (exact) mass is 415 g/mol. The van der Waals surface area contributed by atoms with E-state index in [1.165, 1.54) is 7.11 Å². The number of nitrogens with one attached hydrogen (secondary N) is 1. The summed E-state index contributed by atoms with van der Waals surface area (Å²) in [7, 11) is -2.57. The predicted molar refractivity (Wildman–Crippen MR) is 112 cm³/mol. The van der Waals surface area contributed by atoms with Gasteiger partial charge in [0.1, 0.15) is 5.69 Å². The van der Waals surface area contributed by atoms with Gasteiger partial charge in [0, 0.05) is 38.1 Å². The highest BCUT2D eigenvalue weighted by atomic mass is 32.2. The molecule has 0 atom stereocenters. The first-order valence-electron chi connectivity index (χ1n) is 9.58. The Balaban J connectivity index is 1.77. The lowest BCUT2D eigenvalue weighted by atomic mass is 10.1. The van der Waals surface area contributed by atoms with Crippen molar-refractivity contribution in [3.63, 3.8) is 0 Å². The van der Waals surface area contributed by atoms with E-state index in [0.717, 1.165) is 53.7 Å². The van der Waals surface area contributed by atoms with Gasteiger partial charge < -0.3 is 9.73 Å². The average Bonchev–Trinajstić information content (AvgIpc) is 3.18. The molecule has 7 nitrogen and oxygen atoms in total. The fraction of sp³-hybridized carbons (Fsp3) is 0.333. The topological polar surface area (TPSA) is 75.0 Å². The van der Waals surface area contributed by atoms with Crippen molar-refractivity contribution in [3.8, 4) is 0 Å². The molecule has 154 valence electrons. The lowest BCUT2D eigenvalue weighted by molar-refractivity contribution is 0.215. The minimum atomic E-state index is -3.92. The number of benzene rings is 2. The lowest BCUT2D eigenvalue weighted by Gasteiger charge is -2.28. The van der Waals surface area contributed by atoms with Gasteiger partial charge in [-0.1, -0.05) is 12.1 Å². The van der Waals surface area contributed by atoms with E-state index in [0.29, 0.717) is 11.3 Å². The van der Waals surface area contributed by atoms with Crippen LogP contribution in [0.15, 0.2) is 58.0 Å². The molecule has 1 aliphatic heterocycles. The Kier molecular flexibility index (Phi) is 5.60. The molecule has 2 aromatic carbocycles. The first-order chi connectivity index (χ1) is 14.0. The SMILES string of the molecule is CON(c1cc(CN2CCNCC2)cc2ccoc12)S(=O)(=O)c1cccc(C)c1. The Morgan fingerprint density at radius 1 is 1.17 bits per heavy atom. The summed E-state index contributed by atoms with van der Waals surface area (Å²) < 4.78 is 33.2. The zero-order chi connectivity index (χ0) is 20.4. The smallest absolute Gasteiger partial charge is 0.286 e. The largest absolute Gasteiger partial charge is 0.462 e. The van der Waals surface area contributed by atoms with E-state index in [9.17, 15) is 8.42 Å². The van der Waals surface area contributed by atoms with E-state index in [1.807, 2.05) is 31.2 Å². The summed E-state index contributed by atoms with van der Waals surface area (Å²) in [5.41, 5.74) is 2.73. The number of hydrogen-bond donors (Lipinski definition) is 1. The van der Waals surface area contributed by atoms with E-state index in [2.05, 4.69) is 10.2 Å². The van der Waals surface area contributed by atoms with E-state index >= 15 is 0 Å². The van der Waals surface area contributed by atoms with Crippen molar-refractivity contribution in [3.05, 3.63) is 59.9 Å². The molecule has 0 bridgehead atoms. The molecule has 1 aromatic heterocycles.